The summed E-state index contributed by atoms with van der Waals surface area (Å²) < 4.78 is 9.94. The lowest BCUT2D eigenvalue weighted by Crippen LogP contribution is -1.85. The highest BCUT2D eigenvalue weighted by Gasteiger charge is 1.97. The standard InChI is InChI=1S/C12H9I2NO/c13-9-1-5-11(6-2-9)16-12-7-3-10(15-14)4-8-12/h1-8,15H. The Morgan fingerprint density at radius 3 is 1.81 bits per heavy atom. The molecule has 0 saturated heterocycles. The van der Waals surface area contributed by atoms with Crippen LogP contribution < -0.4 is 8.27 Å². The number of rotatable bonds is 3. The summed E-state index contributed by atoms with van der Waals surface area (Å²) in [6, 6.07) is 15.8. The minimum atomic E-state index is 0.844. The smallest absolute Gasteiger partial charge is 0.127 e. The topological polar surface area (TPSA) is 21.3 Å². The van der Waals surface area contributed by atoms with Crippen LogP contribution in [0.3, 0.4) is 0 Å². The summed E-state index contributed by atoms with van der Waals surface area (Å²) in [7, 11) is 0. The van der Waals surface area contributed by atoms with Gasteiger partial charge < -0.3 is 8.27 Å². The number of nitrogens with one attached hydrogen (secondary N) is 1. The van der Waals surface area contributed by atoms with Crippen LogP contribution >= 0.6 is 45.5 Å². The third-order valence-corrected chi connectivity index (χ3v) is 3.35. The van der Waals surface area contributed by atoms with Crippen LogP contribution in [0.25, 0.3) is 0 Å². The van der Waals surface area contributed by atoms with E-state index in [9.17, 15) is 0 Å². The van der Waals surface area contributed by atoms with E-state index in [1.165, 1.54) is 3.57 Å². The van der Waals surface area contributed by atoms with Crippen LogP contribution in [0.2, 0.25) is 0 Å². The monoisotopic (exact) mass is 437 g/mol. The van der Waals surface area contributed by atoms with Crippen molar-refractivity contribution in [2.24, 2.45) is 0 Å². The van der Waals surface area contributed by atoms with E-state index in [1.54, 1.807) is 0 Å². The van der Waals surface area contributed by atoms with Crippen molar-refractivity contribution in [2.75, 3.05) is 3.53 Å². The highest BCUT2D eigenvalue weighted by atomic mass is 127. The first-order valence-electron chi connectivity index (χ1n) is 4.68. The summed E-state index contributed by atoms with van der Waals surface area (Å²) in [5, 5.41) is 0. The molecule has 0 heterocycles. The lowest BCUT2D eigenvalue weighted by molar-refractivity contribution is 0.482. The van der Waals surface area contributed by atoms with Gasteiger partial charge in [0.15, 0.2) is 0 Å². The number of ether oxygens (including phenoxy) is 1. The molecule has 0 fully saturated rings. The normalized spacial score (nSPS) is 9.88. The Labute approximate surface area is 122 Å². The molecule has 0 amide bonds. The average Bonchev–Trinajstić information content (AvgIpc) is 2.33. The van der Waals surface area contributed by atoms with Gasteiger partial charge in [-0.25, -0.2) is 0 Å². The first-order chi connectivity index (χ1) is 7.78. The van der Waals surface area contributed by atoms with Crippen LogP contribution in [-0.2, 0) is 0 Å². The largest absolute Gasteiger partial charge is 0.457 e. The summed E-state index contributed by atoms with van der Waals surface area (Å²) in [5.74, 6) is 1.70. The lowest BCUT2D eigenvalue weighted by Gasteiger charge is -2.06. The van der Waals surface area contributed by atoms with Crippen molar-refractivity contribution in [1.82, 2.24) is 0 Å². The molecular formula is C12H9I2NO. The van der Waals surface area contributed by atoms with Gasteiger partial charge in [-0.15, -0.1) is 0 Å². The summed E-state index contributed by atoms with van der Waals surface area (Å²) in [6.07, 6.45) is 0. The molecule has 0 aliphatic carbocycles. The van der Waals surface area contributed by atoms with Gasteiger partial charge in [0.1, 0.15) is 11.5 Å². The van der Waals surface area contributed by atoms with Crippen molar-refractivity contribution in [3.05, 3.63) is 52.1 Å². The second-order valence-electron chi connectivity index (χ2n) is 3.17. The molecule has 2 aromatic carbocycles. The van der Waals surface area contributed by atoms with Gasteiger partial charge in [-0.2, -0.15) is 0 Å². The van der Waals surface area contributed by atoms with E-state index in [0.717, 1.165) is 17.2 Å². The van der Waals surface area contributed by atoms with Crippen LogP contribution in [0.4, 0.5) is 5.69 Å². The zero-order chi connectivity index (χ0) is 11.4. The average molecular weight is 437 g/mol. The van der Waals surface area contributed by atoms with Gasteiger partial charge >= 0.3 is 0 Å². The number of halogens is 2. The van der Waals surface area contributed by atoms with Crippen molar-refractivity contribution in [1.29, 1.82) is 0 Å². The van der Waals surface area contributed by atoms with Gasteiger partial charge in [0.2, 0.25) is 0 Å². The quantitative estimate of drug-likeness (QED) is 0.548. The molecule has 2 nitrogen and oxygen atoms in total. The number of benzene rings is 2. The maximum atomic E-state index is 5.70. The fraction of sp³-hybridized carbons (Fsp3) is 0. The first kappa shape index (κ1) is 12.0. The summed E-state index contributed by atoms with van der Waals surface area (Å²) in [6.45, 7) is 0. The molecule has 0 saturated carbocycles. The first-order valence-corrected chi connectivity index (χ1v) is 6.84. The van der Waals surface area contributed by atoms with Crippen LogP contribution in [0.5, 0.6) is 11.5 Å². The van der Waals surface area contributed by atoms with Gasteiger partial charge in [0, 0.05) is 9.26 Å². The minimum Gasteiger partial charge on any atom is -0.457 e. The zero-order valence-corrected chi connectivity index (χ0v) is 12.6. The van der Waals surface area contributed by atoms with Crippen LogP contribution in [0.1, 0.15) is 0 Å². The summed E-state index contributed by atoms with van der Waals surface area (Å²) >= 11 is 4.37. The van der Waals surface area contributed by atoms with E-state index in [-0.39, 0.29) is 0 Å². The van der Waals surface area contributed by atoms with Gasteiger partial charge in [-0.3, -0.25) is 0 Å². The molecule has 0 bridgehead atoms. The van der Waals surface area contributed by atoms with Crippen LogP contribution in [0.15, 0.2) is 48.5 Å². The molecule has 82 valence electrons. The van der Waals surface area contributed by atoms with E-state index in [2.05, 4.69) is 49.0 Å². The second kappa shape index (κ2) is 5.72. The van der Waals surface area contributed by atoms with Gasteiger partial charge in [0.05, 0.1) is 22.9 Å². The fourth-order valence-electron chi connectivity index (χ4n) is 1.22. The fourth-order valence-corrected chi connectivity index (χ4v) is 1.94. The Hall–Kier alpha value is -0.500. The number of anilines is 1. The molecule has 0 aliphatic heterocycles. The molecule has 0 aromatic heterocycles. The number of hydrogen-bond donors (Lipinski definition) is 1. The maximum Gasteiger partial charge on any atom is 0.127 e. The predicted octanol–water partition coefficient (Wildman–Crippen LogP) is 4.85. The minimum absolute atomic E-state index is 0.844. The van der Waals surface area contributed by atoms with Crippen molar-refractivity contribution in [2.45, 2.75) is 0 Å². The van der Waals surface area contributed by atoms with Crippen molar-refractivity contribution >= 4 is 51.1 Å². The Morgan fingerprint density at radius 1 is 0.812 bits per heavy atom. The SMILES string of the molecule is INc1ccc(Oc2ccc(I)cc2)cc1. The third-order valence-electron chi connectivity index (χ3n) is 2.01. The molecule has 0 spiro atoms. The lowest BCUT2D eigenvalue weighted by atomic mass is 10.3. The second-order valence-corrected chi connectivity index (χ2v) is 4.96. The molecule has 0 atom stereocenters. The molecule has 2 rings (SSSR count). The molecule has 1 N–H and O–H groups in total. The molecule has 0 aliphatic rings. The number of hydrogen-bond acceptors (Lipinski definition) is 2. The Balaban J connectivity index is 2.11. The zero-order valence-electron chi connectivity index (χ0n) is 8.28. The predicted molar refractivity (Wildman–Crippen MR) is 83.3 cm³/mol. The van der Waals surface area contributed by atoms with Crippen LogP contribution in [-0.4, -0.2) is 0 Å². The molecule has 2 aromatic rings. The molecule has 0 unspecified atom stereocenters. The van der Waals surface area contributed by atoms with E-state index < -0.39 is 0 Å². The third kappa shape index (κ3) is 3.24. The van der Waals surface area contributed by atoms with Gasteiger partial charge in [-0.05, 0) is 71.1 Å². The van der Waals surface area contributed by atoms with Crippen LogP contribution in [0, 0.1) is 3.57 Å². The highest BCUT2D eigenvalue weighted by molar-refractivity contribution is 14.1. The Kier molecular flexibility index (Phi) is 4.28. The maximum absolute atomic E-state index is 5.70. The molecule has 4 heteroatoms. The van der Waals surface area contributed by atoms with Crippen molar-refractivity contribution < 1.29 is 4.74 Å². The van der Waals surface area contributed by atoms with E-state index >= 15 is 0 Å². The molecule has 0 radical (unpaired) electrons. The summed E-state index contributed by atoms with van der Waals surface area (Å²) in [5.41, 5.74) is 1.07. The van der Waals surface area contributed by atoms with E-state index in [4.69, 9.17) is 4.74 Å². The van der Waals surface area contributed by atoms with Gasteiger partial charge in [0.25, 0.3) is 0 Å². The molecule has 16 heavy (non-hydrogen) atoms. The Morgan fingerprint density at radius 2 is 1.31 bits per heavy atom. The van der Waals surface area contributed by atoms with E-state index in [1.807, 2.05) is 48.5 Å². The van der Waals surface area contributed by atoms with Crippen molar-refractivity contribution in [3.63, 3.8) is 0 Å². The van der Waals surface area contributed by atoms with E-state index in [0.29, 0.717) is 0 Å². The highest BCUT2D eigenvalue weighted by Crippen LogP contribution is 2.23. The molecular weight excluding hydrogens is 428 g/mol. The summed E-state index contributed by atoms with van der Waals surface area (Å²) in [4.78, 5) is 0. The van der Waals surface area contributed by atoms with Crippen molar-refractivity contribution in [3.8, 4) is 11.5 Å². The van der Waals surface area contributed by atoms with Gasteiger partial charge in [-0.1, -0.05) is 0 Å². The Bertz CT molecular complexity index is 453.